The molecule has 0 spiro atoms. The van der Waals surface area contributed by atoms with Gasteiger partial charge < -0.3 is 10.6 Å². The maximum atomic E-state index is 4.42. The van der Waals surface area contributed by atoms with E-state index in [1.54, 1.807) is 0 Å². The predicted molar refractivity (Wildman–Crippen MR) is 109 cm³/mol. The minimum atomic E-state index is 0. The van der Waals surface area contributed by atoms with Crippen LogP contribution < -0.4 is 10.6 Å². The van der Waals surface area contributed by atoms with Crippen LogP contribution >= 0.6 is 24.0 Å². The summed E-state index contributed by atoms with van der Waals surface area (Å²) in [6, 6.07) is 1.42. The molecule has 2 N–H and O–H groups in total. The van der Waals surface area contributed by atoms with Gasteiger partial charge in [-0.25, -0.2) is 0 Å². The quantitative estimate of drug-likeness (QED) is 0.310. The van der Waals surface area contributed by atoms with E-state index in [-0.39, 0.29) is 24.0 Å². The van der Waals surface area contributed by atoms with E-state index in [0.717, 1.165) is 24.5 Å². The van der Waals surface area contributed by atoms with Crippen LogP contribution in [0.4, 0.5) is 0 Å². The number of halogens is 1. The summed E-state index contributed by atoms with van der Waals surface area (Å²) in [5.41, 5.74) is 0. The molecule has 23 heavy (non-hydrogen) atoms. The van der Waals surface area contributed by atoms with Gasteiger partial charge in [0.15, 0.2) is 5.96 Å². The average Bonchev–Trinajstić information content (AvgIpc) is 3.23. The summed E-state index contributed by atoms with van der Waals surface area (Å²) in [5.74, 6) is 1.76. The lowest BCUT2D eigenvalue weighted by Gasteiger charge is -2.24. The van der Waals surface area contributed by atoms with Crippen molar-refractivity contribution in [2.45, 2.75) is 63.5 Å². The number of allylic oxidation sites excluding steroid dienone is 2. The fraction of sp³-hybridized carbons (Fsp3) is 0.833. The Kier molecular flexibility index (Phi) is 8.16. The first kappa shape index (κ1) is 19.0. The highest BCUT2D eigenvalue weighted by Crippen LogP contribution is 2.26. The third-order valence-corrected chi connectivity index (χ3v) is 5.56. The normalized spacial score (nSPS) is 29.5. The zero-order valence-corrected chi connectivity index (χ0v) is 16.8. The molecule has 1 heterocycles. The second-order valence-electron chi connectivity index (χ2n) is 7.17. The molecule has 3 aliphatic rings. The maximum Gasteiger partial charge on any atom is 0.191 e. The molecule has 2 fully saturated rings. The molecule has 0 amide bonds. The minimum absolute atomic E-state index is 0. The lowest BCUT2D eigenvalue weighted by atomic mass is 9.94. The van der Waals surface area contributed by atoms with Crippen molar-refractivity contribution >= 4 is 29.9 Å². The number of guanidine groups is 1. The van der Waals surface area contributed by atoms with Gasteiger partial charge in [-0.2, -0.15) is 0 Å². The molecule has 2 aliphatic carbocycles. The molecule has 5 heteroatoms. The first-order chi connectivity index (χ1) is 10.8. The highest BCUT2D eigenvalue weighted by Gasteiger charge is 2.30. The molecule has 0 aromatic heterocycles. The largest absolute Gasteiger partial charge is 0.356 e. The topological polar surface area (TPSA) is 39.7 Å². The van der Waals surface area contributed by atoms with Crippen LogP contribution in [0.15, 0.2) is 17.1 Å². The Morgan fingerprint density at radius 3 is 2.70 bits per heavy atom. The van der Waals surface area contributed by atoms with E-state index in [0.29, 0.717) is 6.04 Å². The van der Waals surface area contributed by atoms with Crippen LogP contribution in [0.3, 0.4) is 0 Å². The van der Waals surface area contributed by atoms with Crippen molar-refractivity contribution in [3.63, 3.8) is 0 Å². The van der Waals surface area contributed by atoms with Gasteiger partial charge in [0, 0.05) is 38.8 Å². The summed E-state index contributed by atoms with van der Waals surface area (Å²) in [7, 11) is 1.89. The fourth-order valence-corrected chi connectivity index (χ4v) is 4.18. The van der Waals surface area contributed by atoms with Gasteiger partial charge in [-0.1, -0.05) is 25.0 Å². The molecule has 1 aliphatic heterocycles. The fourth-order valence-electron chi connectivity index (χ4n) is 4.18. The Hall–Kier alpha value is -0.300. The highest BCUT2D eigenvalue weighted by atomic mass is 127. The number of nitrogens with zero attached hydrogens (tertiary/aromatic N) is 2. The molecule has 3 rings (SSSR count). The van der Waals surface area contributed by atoms with Gasteiger partial charge in [0.1, 0.15) is 0 Å². The number of hydrogen-bond donors (Lipinski definition) is 2. The van der Waals surface area contributed by atoms with Crippen LogP contribution in [0.25, 0.3) is 0 Å². The number of rotatable bonds is 4. The van der Waals surface area contributed by atoms with E-state index in [1.807, 2.05) is 7.05 Å². The zero-order valence-electron chi connectivity index (χ0n) is 14.5. The molecule has 2 unspecified atom stereocenters. The van der Waals surface area contributed by atoms with Crippen LogP contribution in [0, 0.1) is 5.92 Å². The number of nitrogens with one attached hydrogen (secondary N) is 2. The Labute approximate surface area is 158 Å². The summed E-state index contributed by atoms with van der Waals surface area (Å²) in [4.78, 5) is 7.11. The SMILES string of the molecule is CN=C(NCC1CC=CCC1)NC1CCN(C2CCCC2)C1.I. The van der Waals surface area contributed by atoms with E-state index in [1.165, 1.54) is 64.5 Å². The Morgan fingerprint density at radius 1 is 1.17 bits per heavy atom. The molecular formula is C18H33IN4. The molecular weight excluding hydrogens is 399 g/mol. The van der Waals surface area contributed by atoms with Gasteiger partial charge in [0.2, 0.25) is 0 Å². The first-order valence-electron chi connectivity index (χ1n) is 9.21. The van der Waals surface area contributed by atoms with Crippen molar-refractivity contribution in [2.24, 2.45) is 10.9 Å². The monoisotopic (exact) mass is 432 g/mol. The van der Waals surface area contributed by atoms with Gasteiger partial charge >= 0.3 is 0 Å². The molecule has 0 bridgehead atoms. The summed E-state index contributed by atoms with van der Waals surface area (Å²) in [6.07, 6.45) is 15.3. The number of aliphatic imine (C=N–C) groups is 1. The standard InChI is InChI=1S/C18H32N4.HI/c1-19-18(20-13-15-7-3-2-4-8-15)21-16-11-12-22(14-16)17-9-5-6-10-17;/h2-3,15-17H,4-14H2,1H3,(H2,19,20,21);1H. The summed E-state index contributed by atoms with van der Waals surface area (Å²) < 4.78 is 0. The third kappa shape index (κ3) is 5.62. The van der Waals surface area contributed by atoms with E-state index < -0.39 is 0 Å². The van der Waals surface area contributed by atoms with Gasteiger partial charge in [0.25, 0.3) is 0 Å². The summed E-state index contributed by atoms with van der Waals surface area (Å²) in [5, 5.41) is 7.17. The average molecular weight is 432 g/mol. The van der Waals surface area contributed by atoms with Gasteiger partial charge in [-0.05, 0) is 44.4 Å². The Balaban J connectivity index is 0.00000192. The van der Waals surface area contributed by atoms with Crippen molar-refractivity contribution in [3.05, 3.63) is 12.2 Å². The zero-order chi connectivity index (χ0) is 15.2. The molecule has 1 saturated heterocycles. The van der Waals surface area contributed by atoms with Crippen LogP contribution in [0.2, 0.25) is 0 Å². The van der Waals surface area contributed by atoms with Crippen molar-refractivity contribution < 1.29 is 0 Å². The van der Waals surface area contributed by atoms with E-state index in [2.05, 4.69) is 32.7 Å². The molecule has 1 saturated carbocycles. The maximum absolute atomic E-state index is 4.42. The number of hydrogen-bond acceptors (Lipinski definition) is 2. The van der Waals surface area contributed by atoms with Gasteiger partial charge in [0.05, 0.1) is 0 Å². The second kappa shape index (κ2) is 9.87. The van der Waals surface area contributed by atoms with Crippen molar-refractivity contribution in [3.8, 4) is 0 Å². The van der Waals surface area contributed by atoms with Crippen LogP contribution in [-0.4, -0.2) is 49.6 Å². The Bertz CT molecular complexity index is 404. The van der Waals surface area contributed by atoms with E-state index in [4.69, 9.17) is 0 Å². The predicted octanol–water partition coefficient (Wildman–Crippen LogP) is 3.14. The molecule has 0 aromatic rings. The molecule has 0 aromatic carbocycles. The summed E-state index contributed by atoms with van der Waals surface area (Å²) >= 11 is 0. The smallest absolute Gasteiger partial charge is 0.191 e. The van der Waals surface area contributed by atoms with Crippen molar-refractivity contribution in [1.82, 2.24) is 15.5 Å². The lowest BCUT2D eigenvalue weighted by molar-refractivity contribution is 0.242. The lowest BCUT2D eigenvalue weighted by Crippen LogP contribution is -2.46. The van der Waals surface area contributed by atoms with Gasteiger partial charge in [-0.15, -0.1) is 24.0 Å². The third-order valence-electron chi connectivity index (χ3n) is 5.56. The molecule has 2 atom stereocenters. The minimum Gasteiger partial charge on any atom is -0.356 e. The van der Waals surface area contributed by atoms with Crippen LogP contribution in [-0.2, 0) is 0 Å². The van der Waals surface area contributed by atoms with Crippen molar-refractivity contribution in [1.29, 1.82) is 0 Å². The second-order valence-corrected chi connectivity index (χ2v) is 7.17. The van der Waals surface area contributed by atoms with Crippen LogP contribution in [0.1, 0.15) is 51.4 Å². The van der Waals surface area contributed by atoms with E-state index in [9.17, 15) is 0 Å². The molecule has 0 radical (unpaired) electrons. The van der Waals surface area contributed by atoms with Gasteiger partial charge in [-0.3, -0.25) is 9.89 Å². The van der Waals surface area contributed by atoms with E-state index >= 15 is 0 Å². The molecule has 132 valence electrons. The molecule has 4 nitrogen and oxygen atoms in total. The summed E-state index contributed by atoms with van der Waals surface area (Å²) in [6.45, 7) is 3.49. The first-order valence-corrected chi connectivity index (χ1v) is 9.21. The highest BCUT2D eigenvalue weighted by molar-refractivity contribution is 14.0. The Morgan fingerprint density at radius 2 is 2.00 bits per heavy atom. The van der Waals surface area contributed by atoms with Crippen molar-refractivity contribution in [2.75, 3.05) is 26.7 Å². The van der Waals surface area contributed by atoms with Crippen LogP contribution in [0.5, 0.6) is 0 Å². The number of likely N-dealkylation sites (tertiary alicyclic amines) is 1.